The first kappa shape index (κ1) is 18.0. The minimum absolute atomic E-state index is 0.212. The molecule has 0 saturated carbocycles. The maximum Gasteiger partial charge on any atom is 0.119 e. The lowest BCUT2D eigenvalue weighted by molar-refractivity contribution is 0.113. The van der Waals surface area contributed by atoms with Crippen molar-refractivity contribution in [3.8, 4) is 5.75 Å². The van der Waals surface area contributed by atoms with Crippen molar-refractivity contribution in [3.63, 3.8) is 0 Å². The van der Waals surface area contributed by atoms with Gasteiger partial charge in [0.2, 0.25) is 0 Å². The quantitative estimate of drug-likeness (QED) is 0.735. The Kier molecular flexibility index (Phi) is 5.15. The molecule has 0 aromatic heterocycles. The molecule has 1 saturated heterocycles. The molecule has 0 bridgehead atoms. The third-order valence-corrected chi connectivity index (χ3v) is 5.64. The fourth-order valence-electron chi connectivity index (χ4n) is 4.17. The van der Waals surface area contributed by atoms with E-state index in [0.29, 0.717) is 12.1 Å². The molecule has 3 aromatic carbocycles. The van der Waals surface area contributed by atoms with Crippen LogP contribution < -0.4 is 10.1 Å². The number of nitrogens with zero attached hydrogens (tertiary/aromatic N) is 1. The minimum atomic E-state index is 0.212. The molecule has 1 fully saturated rings. The third-order valence-electron chi connectivity index (χ3n) is 5.64. The third kappa shape index (κ3) is 3.71. The molecule has 1 aliphatic heterocycles. The van der Waals surface area contributed by atoms with Crippen molar-refractivity contribution in [1.82, 2.24) is 10.2 Å². The van der Waals surface area contributed by atoms with E-state index in [1.165, 1.54) is 21.9 Å². The fourth-order valence-corrected chi connectivity index (χ4v) is 4.17. The Labute approximate surface area is 162 Å². The van der Waals surface area contributed by atoms with Gasteiger partial charge in [0.1, 0.15) is 5.75 Å². The Balaban J connectivity index is 1.83. The topological polar surface area (TPSA) is 24.5 Å². The van der Waals surface area contributed by atoms with Crippen LogP contribution in [0.25, 0.3) is 10.8 Å². The van der Waals surface area contributed by atoms with Gasteiger partial charge in [-0.2, -0.15) is 0 Å². The molecule has 3 unspecified atom stereocenters. The number of piperazine rings is 1. The van der Waals surface area contributed by atoms with Gasteiger partial charge in [0.25, 0.3) is 0 Å². The monoisotopic (exact) mass is 360 g/mol. The summed E-state index contributed by atoms with van der Waals surface area (Å²) in [5, 5.41) is 6.18. The molecule has 140 valence electrons. The SMILES string of the molecule is COc1cccc(C(c2ccc3ccccc3c2)N2CC(C)NCC2C)c1. The number of nitrogens with one attached hydrogen (secondary N) is 1. The van der Waals surface area contributed by atoms with E-state index in [4.69, 9.17) is 4.74 Å². The number of benzene rings is 3. The lowest BCUT2D eigenvalue weighted by Gasteiger charge is -2.43. The lowest BCUT2D eigenvalue weighted by Crippen LogP contribution is -2.55. The Hall–Kier alpha value is -2.36. The van der Waals surface area contributed by atoms with Crippen LogP contribution >= 0.6 is 0 Å². The Morgan fingerprint density at radius 1 is 0.926 bits per heavy atom. The molecular weight excluding hydrogens is 332 g/mol. The first-order chi connectivity index (χ1) is 13.2. The number of hydrogen-bond acceptors (Lipinski definition) is 3. The maximum absolute atomic E-state index is 5.52. The van der Waals surface area contributed by atoms with E-state index < -0.39 is 0 Å². The number of methoxy groups -OCH3 is 1. The van der Waals surface area contributed by atoms with E-state index in [1.54, 1.807) is 7.11 Å². The second-order valence-corrected chi connectivity index (χ2v) is 7.64. The van der Waals surface area contributed by atoms with E-state index in [9.17, 15) is 0 Å². The highest BCUT2D eigenvalue weighted by Gasteiger charge is 2.31. The van der Waals surface area contributed by atoms with Crippen LogP contribution in [-0.4, -0.2) is 37.2 Å². The highest BCUT2D eigenvalue weighted by atomic mass is 16.5. The van der Waals surface area contributed by atoms with E-state index in [-0.39, 0.29) is 6.04 Å². The molecule has 1 N–H and O–H groups in total. The molecule has 3 heteroatoms. The molecule has 0 radical (unpaired) electrons. The van der Waals surface area contributed by atoms with Crippen molar-refractivity contribution >= 4 is 10.8 Å². The summed E-state index contributed by atoms with van der Waals surface area (Å²) in [6, 6.07) is 25.1. The predicted molar refractivity (Wildman–Crippen MR) is 112 cm³/mol. The van der Waals surface area contributed by atoms with Crippen LogP contribution in [0.3, 0.4) is 0 Å². The van der Waals surface area contributed by atoms with E-state index in [0.717, 1.165) is 18.8 Å². The average molecular weight is 361 g/mol. The second kappa shape index (κ2) is 7.71. The van der Waals surface area contributed by atoms with Crippen LogP contribution in [0, 0.1) is 0 Å². The largest absolute Gasteiger partial charge is 0.497 e. The summed E-state index contributed by atoms with van der Waals surface area (Å²) in [7, 11) is 1.74. The number of hydrogen-bond donors (Lipinski definition) is 1. The zero-order valence-corrected chi connectivity index (χ0v) is 16.4. The highest BCUT2D eigenvalue weighted by Crippen LogP contribution is 2.34. The van der Waals surface area contributed by atoms with Gasteiger partial charge in [-0.25, -0.2) is 0 Å². The van der Waals surface area contributed by atoms with Gasteiger partial charge in [-0.3, -0.25) is 4.90 Å². The second-order valence-electron chi connectivity index (χ2n) is 7.64. The van der Waals surface area contributed by atoms with Gasteiger partial charge in [-0.05, 0) is 53.9 Å². The molecule has 4 rings (SSSR count). The van der Waals surface area contributed by atoms with Crippen LogP contribution in [0.5, 0.6) is 5.75 Å². The molecule has 27 heavy (non-hydrogen) atoms. The van der Waals surface area contributed by atoms with E-state index in [1.807, 2.05) is 6.07 Å². The van der Waals surface area contributed by atoms with Crippen molar-refractivity contribution in [3.05, 3.63) is 77.9 Å². The van der Waals surface area contributed by atoms with Gasteiger partial charge in [-0.15, -0.1) is 0 Å². The van der Waals surface area contributed by atoms with Gasteiger partial charge >= 0.3 is 0 Å². The molecule has 3 atom stereocenters. The van der Waals surface area contributed by atoms with Gasteiger partial charge < -0.3 is 10.1 Å². The molecule has 1 aliphatic rings. The molecule has 0 aliphatic carbocycles. The molecule has 3 nitrogen and oxygen atoms in total. The van der Waals surface area contributed by atoms with Crippen molar-refractivity contribution in [2.45, 2.75) is 32.0 Å². The van der Waals surface area contributed by atoms with Crippen LogP contribution in [-0.2, 0) is 0 Å². The average Bonchev–Trinajstić information content (AvgIpc) is 2.71. The summed E-state index contributed by atoms with van der Waals surface area (Å²) >= 11 is 0. The summed E-state index contributed by atoms with van der Waals surface area (Å²) in [6.45, 7) is 6.61. The van der Waals surface area contributed by atoms with Crippen molar-refractivity contribution < 1.29 is 4.74 Å². The van der Waals surface area contributed by atoms with Gasteiger partial charge in [0.05, 0.1) is 13.2 Å². The smallest absolute Gasteiger partial charge is 0.119 e. The predicted octanol–water partition coefficient (Wildman–Crippen LogP) is 4.62. The summed E-state index contributed by atoms with van der Waals surface area (Å²) in [5.74, 6) is 0.911. The Morgan fingerprint density at radius 3 is 2.52 bits per heavy atom. The fraction of sp³-hybridized carbons (Fsp3) is 0.333. The van der Waals surface area contributed by atoms with Crippen molar-refractivity contribution in [2.24, 2.45) is 0 Å². The molecule has 0 amide bonds. The van der Waals surface area contributed by atoms with Gasteiger partial charge in [0.15, 0.2) is 0 Å². The van der Waals surface area contributed by atoms with Gasteiger partial charge in [-0.1, -0.05) is 48.5 Å². The van der Waals surface area contributed by atoms with Crippen LogP contribution in [0.15, 0.2) is 66.7 Å². The molecule has 1 heterocycles. The zero-order valence-electron chi connectivity index (χ0n) is 16.4. The van der Waals surface area contributed by atoms with E-state index in [2.05, 4.69) is 84.7 Å². The van der Waals surface area contributed by atoms with Gasteiger partial charge in [0, 0.05) is 25.2 Å². The van der Waals surface area contributed by atoms with Crippen molar-refractivity contribution in [2.75, 3.05) is 20.2 Å². The van der Waals surface area contributed by atoms with Crippen molar-refractivity contribution in [1.29, 1.82) is 0 Å². The highest BCUT2D eigenvalue weighted by molar-refractivity contribution is 5.83. The first-order valence-electron chi connectivity index (χ1n) is 9.77. The van der Waals surface area contributed by atoms with Crippen LogP contribution in [0.1, 0.15) is 31.0 Å². The Bertz CT molecular complexity index is 923. The summed E-state index contributed by atoms with van der Waals surface area (Å²) < 4.78 is 5.52. The normalized spacial score (nSPS) is 21.9. The minimum Gasteiger partial charge on any atom is -0.497 e. The summed E-state index contributed by atoms with van der Waals surface area (Å²) in [4.78, 5) is 2.63. The van der Waals surface area contributed by atoms with Crippen LogP contribution in [0.4, 0.5) is 0 Å². The zero-order chi connectivity index (χ0) is 18.8. The molecule has 3 aromatic rings. The maximum atomic E-state index is 5.52. The number of rotatable bonds is 4. The molecular formula is C24H28N2O. The first-order valence-corrected chi connectivity index (χ1v) is 9.77. The van der Waals surface area contributed by atoms with E-state index >= 15 is 0 Å². The van der Waals surface area contributed by atoms with Crippen LogP contribution in [0.2, 0.25) is 0 Å². The number of fused-ring (bicyclic) bond motifs is 1. The Morgan fingerprint density at radius 2 is 1.70 bits per heavy atom. The lowest BCUT2D eigenvalue weighted by atomic mass is 9.92. The number of ether oxygens (including phenoxy) is 1. The summed E-state index contributed by atoms with van der Waals surface area (Å²) in [5.41, 5.74) is 2.62. The summed E-state index contributed by atoms with van der Waals surface area (Å²) in [6.07, 6.45) is 0. The molecule has 0 spiro atoms. The standard InChI is InChI=1S/C24H28N2O/c1-17-16-26(18(2)15-25-17)24(21-9-6-10-23(14-21)27-3)22-12-11-19-7-4-5-8-20(19)13-22/h4-14,17-18,24-25H,15-16H2,1-3H3.